The molecule has 0 aliphatic carbocycles. The van der Waals surface area contributed by atoms with Crippen LogP contribution in [0.5, 0.6) is 0 Å². The molecule has 0 fully saturated rings. The second-order valence-electron chi connectivity index (χ2n) is 32.5. The van der Waals surface area contributed by atoms with Gasteiger partial charge in [-0.25, -0.2) is 9.13 Å². The van der Waals surface area contributed by atoms with E-state index in [4.69, 9.17) is 37.0 Å². The van der Waals surface area contributed by atoms with Crippen LogP contribution in [0.3, 0.4) is 0 Å². The molecule has 642 valence electrons. The summed E-state index contributed by atoms with van der Waals surface area (Å²) in [6.45, 7) is 7.40. The summed E-state index contributed by atoms with van der Waals surface area (Å²) in [5.41, 5.74) is 0. The van der Waals surface area contributed by atoms with Crippen LogP contribution < -0.4 is 0 Å². The zero-order valence-electron chi connectivity index (χ0n) is 71.0. The second kappa shape index (κ2) is 81.6. The van der Waals surface area contributed by atoms with Crippen LogP contribution in [0.1, 0.15) is 484 Å². The van der Waals surface area contributed by atoms with Crippen molar-refractivity contribution in [3.63, 3.8) is 0 Å². The summed E-state index contributed by atoms with van der Waals surface area (Å²) in [5, 5.41) is 10.7. The highest BCUT2D eigenvalue weighted by atomic mass is 31.2. The van der Waals surface area contributed by atoms with Gasteiger partial charge >= 0.3 is 39.5 Å². The summed E-state index contributed by atoms with van der Waals surface area (Å²) in [5.74, 6) is -1.31. The number of carbonyl (C=O) groups excluding carboxylic acids is 4. The molecule has 17 nitrogen and oxygen atoms in total. The Labute approximate surface area is 664 Å². The Morgan fingerprint density at radius 3 is 0.630 bits per heavy atom. The van der Waals surface area contributed by atoms with Crippen LogP contribution in [-0.4, -0.2) is 96.7 Å². The highest BCUT2D eigenvalue weighted by molar-refractivity contribution is 7.47. The van der Waals surface area contributed by atoms with Crippen molar-refractivity contribution in [1.29, 1.82) is 0 Å². The monoisotopic (exact) mass is 1580 g/mol. The molecular weight excluding hydrogens is 1400 g/mol. The molecule has 2 unspecified atom stereocenters. The average molecular weight is 1580 g/mol. The molecule has 0 spiro atoms. The van der Waals surface area contributed by atoms with Gasteiger partial charge in [0.25, 0.3) is 0 Å². The molecule has 0 saturated carbocycles. The summed E-state index contributed by atoms with van der Waals surface area (Å²) in [6, 6.07) is 0. The van der Waals surface area contributed by atoms with Gasteiger partial charge in [-0.3, -0.25) is 37.3 Å². The van der Waals surface area contributed by atoms with Crippen molar-refractivity contribution in [3.8, 4) is 0 Å². The van der Waals surface area contributed by atoms with Gasteiger partial charge in [-0.15, -0.1) is 0 Å². The number of hydrogen-bond acceptors (Lipinski definition) is 15. The molecule has 0 bridgehead atoms. The first-order valence-corrected chi connectivity index (χ1v) is 49.1. The summed E-state index contributed by atoms with van der Waals surface area (Å²) in [6.07, 6.45) is 76.4. The molecule has 19 heteroatoms. The molecule has 0 heterocycles. The number of unbranched alkanes of at least 4 members (excludes halogenated alkanes) is 61. The molecule has 0 aliphatic rings. The van der Waals surface area contributed by atoms with Crippen molar-refractivity contribution >= 4 is 39.5 Å². The Morgan fingerprint density at radius 2 is 0.426 bits per heavy atom. The minimum absolute atomic E-state index is 0.108. The van der Waals surface area contributed by atoms with E-state index < -0.39 is 97.5 Å². The molecular formula is C89H174O17P2. The number of ether oxygens (including phenoxy) is 4. The van der Waals surface area contributed by atoms with Gasteiger partial charge in [0.1, 0.15) is 19.3 Å². The fraction of sp³-hybridized carbons (Fsp3) is 0.955. The standard InChI is InChI=1S/C89H174O17P2/c1-6-9-12-15-18-21-24-27-29-31-32-33-34-35-37-39-44-49-54-59-64-69-74-88(93)105-85(79-100-87(92)73-68-63-58-53-48-43-38-36-30-28-25-22-19-16-13-10-7-2)81-104-108(97,98)102-77-83(90)76-101-107(95,96)103-80-84(78-99-86(91)72-67-62-57-52-47-41-26-23-20-17-14-11-8-3)106-89(94)75-70-65-60-55-50-45-40-42-46-51-56-61-66-71-82(4)5/h82-85,90H,6-81H2,1-5H3,(H,95,96)(H,97,98)/t83-,84+,85+/m0/s1. The number of phosphoric ester groups is 2. The van der Waals surface area contributed by atoms with Crippen molar-refractivity contribution in [2.75, 3.05) is 39.6 Å². The Balaban J connectivity index is 5.25. The average Bonchev–Trinajstić information content (AvgIpc) is 0.922. The third kappa shape index (κ3) is 82.1. The lowest BCUT2D eigenvalue weighted by Gasteiger charge is -2.21. The topological polar surface area (TPSA) is 237 Å². The van der Waals surface area contributed by atoms with Crippen molar-refractivity contribution in [1.82, 2.24) is 0 Å². The summed E-state index contributed by atoms with van der Waals surface area (Å²) < 4.78 is 69.0. The van der Waals surface area contributed by atoms with Crippen molar-refractivity contribution in [3.05, 3.63) is 0 Å². The maximum absolute atomic E-state index is 13.2. The first kappa shape index (κ1) is 106. The van der Waals surface area contributed by atoms with Crippen LogP contribution in [0.4, 0.5) is 0 Å². The second-order valence-corrected chi connectivity index (χ2v) is 35.4. The fourth-order valence-electron chi connectivity index (χ4n) is 14.0. The Kier molecular flexibility index (Phi) is 80.2. The molecule has 0 rings (SSSR count). The lowest BCUT2D eigenvalue weighted by atomic mass is 10.0. The van der Waals surface area contributed by atoms with Gasteiger partial charge in [0.2, 0.25) is 0 Å². The molecule has 3 N–H and O–H groups in total. The maximum Gasteiger partial charge on any atom is 0.472 e. The van der Waals surface area contributed by atoms with Crippen LogP contribution in [0.15, 0.2) is 0 Å². The number of carbonyl (C=O) groups is 4. The lowest BCUT2D eigenvalue weighted by Crippen LogP contribution is -2.30. The van der Waals surface area contributed by atoms with Gasteiger partial charge in [-0.1, -0.05) is 433 Å². The Hall–Kier alpha value is -1.94. The van der Waals surface area contributed by atoms with E-state index in [9.17, 15) is 43.2 Å². The number of aliphatic hydroxyl groups is 1. The third-order valence-corrected chi connectivity index (χ3v) is 22.9. The van der Waals surface area contributed by atoms with Gasteiger partial charge < -0.3 is 33.8 Å². The SMILES string of the molecule is CCCCCCCCCCCCCCCCCCCCCCCCC(=O)O[C@H](COC(=O)CCCCCCCCCCCCCCCCCCC)COP(=O)(O)OC[C@@H](O)COP(=O)(O)OC[C@@H](COC(=O)CCCCCCCCCCCCCCC)OC(=O)CCCCCCCCCCCCCCCC(C)C. The first-order valence-electron chi connectivity index (χ1n) is 46.1. The Bertz CT molecular complexity index is 2050. The first-order chi connectivity index (χ1) is 52.5. The number of hydrogen-bond donors (Lipinski definition) is 3. The smallest absolute Gasteiger partial charge is 0.462 e. The summed E-state index contributed by atoms with van der Waals surface area (Å²) in [7, 11) is -9.93. The van der Waals surface area contributed by atoms with E-state index in [1.54, 1.807) is 0 Å². The molecule has 0 amide bonds. The van der Waals surface area contributed by atoms with Crippen LogP contribution in [0.25, 0.3) is 0 Å². The Morgan fingerprint density at radius 1 is 0.250 bits per heavy atom. The van der Waals surface area contributed by atoms with E-state index in [1.807, 2.05) is 0 Å². The van der Waals surface area contributed by atoms with E-state index in [-0.39, 0.29) is 25.7 Å². The maximum atomic E-state index is 13.2. The fourth-order valence-corrected chi connectivity index (χ4v) is 15.6. The van der Waals surface area contributed by atoms with Crippen molar-refractivity contribution < 1.29 is 80.2 Å². The van der Waals surface area contributed by atoms with Gasteiger partial charge in [0.15, 0.2) is 12.2 Å². The minimum atomic E-state index is -4.97. The van der Waals surface area contributed by atoms with Gasteiger partial charge in [-0.2, -0.15) is 0 Å². The van der Waals surface area contributed by atoms with Gasteiger partial charge in [0.05, 0.1) is 26.4 Å². The predicted molar refractivity (Wildman–Crippen MR) is 446 cm³/mol. The highest BCUT2D eigenvalue weighted by Gasteiger charge is 2.30. The van der Waals surface area contributed by atoms with Crippen LogP contribution in [-0.2, 0) is 65.4 Å². The van der Waals surface area contributed by atoms with Crippen LogP contribution >= 0.6 is 15.6 Å². The summed E-state index contributed by atoms with van der Waals surface area (Å²) in [4.78, 5) is 73.4. The van der Waals surface area contributed by atoms with Gasteiger partial charge in [0, 0.05) is 25.7 Å². The minimum Gasteiger partial charge on any atom is -0.462 e. The number of aliphatic hydroxyl groups excluding tert-OH is 1. The van der Waals surface area contributed by atoms with E-state index in [1.165, 1.54) is 308 Å². The molecule has 0 aromatic heterocycles. The largest absolute Gasteiger partial charge is 0.472 e. The van der Waals surface area contributed by atoms with Gasteiger partial charge in [-0.05, 0) is 31.6 Å². The van der Waals surface area contributed by atoms with E-state index >= 15 is 0 Å². The summed E-state index contributed by atoms with van der Waals surface area (Å²) >= 11 is 0. The quantitative estimate of drug-likeness (QED) is 0.0222. The molecule has 0 aliphatic heterocycles. The molecule has 5 atom stereocenters. The lowest BCUT2D eigenvalue weighted by molar-refractivity contribution is -0.161. The number of rotatable bonds is 89. The normalized spacial score (nSPS) is 13.7. The zero-order chi connectivity index (χ0) is 79.0. The van der Waals surface area contributed by atoms with Crippen LogP contribution in [0, 0.1) is 5.92 Å². The highest BCUT2D eigenvalue weighted by Crippen LogP contribution is 2.45. The van der Waals surface area contributed by atoms with Crippen molar-refractivity contribution in [2.45, 2.75) is 502 Å². The predicted octanol–water partition coefficient (Wildman–Crippen LogP) is 27.5. The molecule has 0 radical (unpaired) electrons. The zero-order valence-corrected chi connectivity index (χ0v) is 72.8. The van der Waals surface area contributed by atoms with E-state index in [2.05, 4.69) is 34.6 Å². The molecule has 0 aromatic carbocycles. The number of phosphoric acid groups is 2. The van der Waals surface area contributed by atoms with Crippen LogP contribution in [0.2, 0.25) is 0 Å². The number of esters is 4. The van der Waals surface area contributed by atoms with E-state index in [0.29, 0.717) is 25.7 Å². The molecule has 108 heavy (non-hydrogen) atoms. The third-order valence-electron chi connectivity index (χ3n) is 21.0. The van der Waals surface area contributed by atoms with E-state index in [0.717, 1.165) is 95.8 Å². The van der Waals surface area contributed by atoms with Crippen molar-refractivity contribution in [2.24, 2.45) is 5.92 Å². The molecule has 0 aromatic rings. The molecule has 0 saturated heterocycles.